The van der Waals surface area contributed by atoms with Gasteiger partial charge >= 0.3 is 13.7 Å². The monoisotopic (exact) mass is 211 g/mol. The largest absolute Gasteiger partial charge is 0.461 e. The summed E-state index contributed by atoms with van der Waals surface area (Å²) in [6.07, 6.45) is -1.43. The number of ether oxygens (including phenoxy) is 1. The van der Waals surface area contributed by atoms with Crippen LogP contribution in [-0.4, -0.2) is 23.1 Å². The van der Waals surface area contributed by atoms with E-state index in [1.807, 2.05) is 0 Å². The van der Waals surface area contributed by atoms with Crippen LogP contribution >= 0.6 is 7.75 Å². The highest BCUT2D eigenvalue weighted by molar-refractivity contribution is 7.50. The van der Waals surface area contributed by atoms with Gasteiger partial charge in [0.2, 0.25) is 0 Å². The van der Waals surface area contributed by atoms with Crippen LogP contribution in [0, 0.1) is 0 Å². The molecule has 13 heavy (non-hydrogen) atoms. The lowest BCUT2D eigenvalue weighted by atomic mass is 10.4. The van der Waals surface area contributed by atoms with Crippen LogP contribution < -0.4 is 5.50 Å². The van der Waals surface area contributed by atoms with Crippen molar-refractivity contribution in [2.24, 2.45) is 5.50 Å². The zero-order valence-electron chi connectivity index (χ0n) is 7.76. The third kappa shape index (κ3) is 6.72. The van der Waals surface area contributed by atoms with Crippen LogP contribution in [0.2, 0.25) is 0 Å². The first-order valence-electron chi connectivity index (χ1n) is 3.72. The fourth-order valence-electron chi connectivity index (χ4n) is 0.598. The van der Waals surface area contributed by atoms with Crippen LogP contribution in [0.15, 0.2) is 0 Å². The maximum Gasteiger partial charge on any atom is 0.401 e. The van der Waals surface area contributed by atoms with E-state index in [0.29, 0.717) is 0 Å². The lowest BCUT2D eigenvalue weighted by Gasteiger charge is -2.15. The van der Waals surface area contributed by atoms with Gasteiger partial charge in [-0.1, -0.05) is 0 Å². The molecule has 3 N–H and O–H groups in total. The Balaban J connectivity index is 4.05. The first-order chi connectivity index (χ1) is 5.72. The molecule has 0 spiro atoms. The summed E-state index contributed by atoms with van der Waals surface area (Å²) in [6.45, 7) is 4.61. The van der Waals surface area contributed by atoms with Crippen LogP contribution in [0.4, 0.5) is 0 Å². The average Bonchev–Trinajstić information content (AvgIpc) is 1.81. The maximum absolute atomic E-state index is 11.0. The molecule has 0 aliphatic heterocycles. The fourth-order valence-corrected chi connectivity index (χ4v) is 1.14. The zero-order chi connectivity index (χ0) is 10.6. The smallest absolute Gasteiger partial charge is 0.401 e. The summed E-state index contributed by atoms with van der Waals surface area (Å²) in [5.41, 5.74) is 4.69. The SMILES string of the molecule is CC(C)OC(=O)[C@H](C)OP(N)(=O)O. The highest BCUT2D eigenvalue weighted by atomic mass is 31.2. The summed E-state index contributed by atoms with van der Waals surface area (Å²) in [7, 11) is -4.12. The van der Waals surface area contributed by atoms with Crippen molar-refractivity contribution in [3.05, 3.63) is 0 Å². The van der Waals surface area contributed by atoms with Gasteiger partial charge < -0.3 is 9.63 Å². The van der Waals surface area contributed by atoms with E-state index >= 15 is 0 Å². The van der Waals surface area contributed by atoms with E-state index in [-0.39, 0.29) is 6.10 Å². The van der Waals surface area contributed by atoms with E-state index in [1.165, 1.54) is 6.92 Å². The molecule has 0 amide bonds. The minimum absolute atomic E-state index is 0.297. The highest BCUT2D eigenvalue weighted by Crippen LogP contribution is 2.33. The number of hydrogen-bond donors (Lipinski definition) is 2. The fraction of sp³-hybridized carbons (Fsp3) is 0.833. The molecule has 0 fully saturated rings. The van der Waals surface area contributed by atoms with Gasteiger partial charge in [0.25, 0.3) is 0 Å². The molecule has 0 heterocycles. The predicted octanol–water partition coefficient (Wildman–Crippen LogP) is 0.402. The molecule has 2 atom stereocenters. The Labute approximate surface area is 76.6 Å². The lowest BCUT2D eigenvalue weighted by molar-refractivity contribution is -0.155. The molecule has 1 unspecified atom stereocenters. The molecule has 0 aliphatic carbocycles. The number of rotatable bonds is 4. The summed E-state index contributed by atoms with van der Waals surface area (Å²) in [4.78, 5) is 19.6. The molecule has 0 aromatic heterocycles. The second kappa shape index (κ2) is 4.72. The van der Waals surface area contributed by atoms with Gasteiger partial charge in [0.1, 0.15) is 0 Å². The van der Waals surface area contributed by atoms with E-state index in [0.717, 1.165) is 0 Å². The van der Waals surface area contributed by atoms with Crippen LogP contribution in [0.25, 0.3) is 0 Å². The van der Waals surface area contributed by atoms with Gasteiger partial charge in [-0.25, -0.2) is 14.9 Å². The van der Waals surface area contributed by atoms with Crippen molar-refractivity contribution in [3.8, 4) is 0 Å². The lowest BCUT2D eigenvalue weighted by Crippen LogP contribution is -2.26. The first-order valence-corrected chi connectivity index (χ1v) is 5.37. The molecular weight excluding hydrogens is 197 g/mol. The quantitative estimate of drug-likeness (QED) is 0.515. The average molecular weight is 211 g/mol. The van der Waals surface area contributed by atoms with Gasteiger partial charge in [0, 0.05) is 0 Å². The van der Waals surface area contributed by atoms with E-state index in [2.05, 4.69) is 10.0 Å². The van der Waals surface area contributed by atoms with Crippen molar-refractivity contribution in [2.75, 3.05) is 0 Å². The molecule has 0 saturated carbocycles. The minimum Gasteiger partial charge on any atom is -0.461 e. The maximum atomic E-state index is 11.0. The topological polar surface area (TPSA) is 98.9 Å². The van der Waals surface area contributed by atoms with Crippen LogP contribution in [-0.2, 0) is 18.6 Å². The molecule has 6 nitrogen and oxygen atoms in total. The van der Waals surface area contributed by atoms with Crippen LogP contribution in [0.1, 0.15) is 20.8 Å². The Morgan fingerprint density at radius 2 is 1.92 bits per heavy atom. The number of carbonyl (C=O) groups excluding carboxylic acids is 1. The Morgan fingerprint density at radius 1 is 1.46 bits per heavy atom. The van der Waals surface area contributed by atoms with Gasteiger partial charge in [-0.15, -0.1) is 0 Å². The number of hydrogen-bond acceptors (Lipinski definition) is 4. The Kier molecular flexibility index (Phi) is 4.56. The molecule has 0 bridgehead atoms. The van der Waals surface area contributed by atoms with Gasteiger partial charge in [0.05, 0.1) is 6.10 Å². The molecule has 7 heteroatoms. The van der Waals surface area contributed by atoms with E-state index in [1.54, 1.807) is 13.8 Å². The molecule has 0 saturated heterocycles. The zero-order valence-corrected chi connectivity index (χ0v) is 8.65. The van der Waals surface area contributed by atoms with Crippen LogP contribution in [0.3, 0.4) is 0 Å². The van der Waals surface area contributed by atoms with Gasteiger partial charge in [-0.3, -0.25) is 4.52 Å². The number of esters is 1. The van der Waals surface area contributed by atoms with Gasteiger partial charge in [-0.2, -0.15) is 0 Å². The third-order valence-electron chi connectivity index (χ3n) is 0.993. The normalized spacial score (nSPS) is 18.0. The van der Waals surface area contributed by atoms with E-state index in [4.69, 9.17) is 9.63 Å². The van der Waals surface area contributed by atoms with Crippen molar-refractivity contribution in [1.29, 1.82) is 0 Å². The van der Waals surface area contributed by atoms with Crippen LogP contribution in [0.5, 0.6) is 0 Å². The molecule has 0 aliphatic rings. The van der Waals surface area contributed by atoms with Crippen molar-refractivity contribution in [2.45, 2.75) is 33.0 Å². The summed E-state index contributed by atoms with van der Waals surface area (Å²) in [5, 5.41) is 0. The minimum atomic E-state index is -4.12. The summed E-state index contributed by atoms with van der Waals surface area (Å²) in [6, 6.07) is 0. The first kappa shape index (κ1) is 12.6. The van der Waals surface area contributed by atoms with E-state index in [9.17, 15) is 9.36 Å². The third-order valence-corrected chi connectivity index (χ3v) is 1.61. The second-order valence-corrected chi connectivity index (χ2v) is 4.14. The van der Waals surface area contributed by atoms with Gasteiger partial charge in [-0.05, 0) is 20.8 Å². The molecule has 0 aromatic rings. The van der Waals surface area contributed by atoms with Crippen molar-refractivity contribution < 1.29 is 23.5 Å². The molecule has 0 aromatic carbocycles. The molecule has 0 rings (SSSR count). The molecule has 78 valence electrons. The number of nitrogens with two attached hydrogens (primary N) is 1. The predicted molar refractivity (Wildman–Crippen MR) is 45.8 cm³/mol. The van der Waals surface area contributed by atoms with Crippen molar-refractivity contribution >= 4 is 13.7 Å². The van der Waals surface area contributed by atoms with Crippen molar-refractivity contribution in [3.63, 3.8) is 0 Å². The molecular formula is C6H14NO5P. The standard InChI is InChI=1S/C6H14NO5P/c1-4(2)11-6(8)5(3)12-13(7,9)10/h4-5H,1-3H3,(H3,7,9,10)/t5-/m0/s1. The van der Waals surface area contributed by atoms with Crippen molar-refractivity contribution in [1.82, 2.24) is 0 Å². The van der Waals surface area contributed by atoms with E-state index < -0.39 is 19.8 Å². The second-order valence-electron chi connectivity index (χ2n) is 2.80. The summed E-state index contributed by atoms with van der Waals surface area (Å²) < 4.78 is 19.5. The summed E-state index contributed by atoms with van der Waals surface area (Å²) >= 11 is 0. The van der Waals surface area contributed by atoms with Gasteiger partial charge in [0.15, 0.2) is 6.10 Å². The summed E-state index contributed by atoms with van der Waals surface area (Å²) in [5.74, 6) is -0.713. The number of carbonyl (C=O) groups is 1. The molecule has 0 radical (unpaired) electrons. The Bertz CT molecular complexity index is 223. The Morgan fingerprint density at radius 3 is 2.23 bits per heavy atom. The Hall–Kier alpha value is -0.420. The highest BCUT2D eigenvalue weighted by Gasteiger charge is 2.24.